The third-order valence-corrected chi connectivity index (χ3v) is 1.87. The molecule has 0 saturated heterocycles. The van der Waals surface area contributed by atoms with Crippen LogP contribution >= 0.6 is 15.9 Å². The summed E-state index contributed by atoms with van der Waals surface area (Å²) in [5.41, 5.74) is 1.09. The summed E-state index contributed by atoms with van der Waals surface area (Å²) in [7, 11) is 0. The van der Waals surface area contributed by atoms with Crippen molar-refractivity contribution >= 4 is 15.9 Å². The van der Waals surface area contributed by atoms with Crippen LogP contribution in [0.4, 0.5) is 0 Å². The molecule has 0 N–H and O–H groups in total. The van der Waals surface area contributed by atoms with Gasteiger partial charge in [-0.15, -0.1) is 0 Å². The summed E-state index contributed by atoms with van der Waals surface area (Å²) < 4.78 is 6.09. The molecule has 1 aromatic rings. The van der Waals surface area contributed by atoms with Gasteiger partial charge in [-0.2, -0.15) is 0 Å². The van der Waals surface area contributed by atoms with Crippen LogP contribution in [0.25, 0.3) is 4.85 Å². The van der Waals surface area contributed by atoms with E-state index in [1.807, 2.05) is 24.3 Å². The minimum Gasteiger partial charge on any atom is -0.308 e. The van der Waals surface area contributed by atoms with Gasteiger partial charge in [-0.1, -0.05) is 28.1 Å². The van der Waals surface area contributed by atoms with Gasteiger partial charge in [0.15, 0.2) is 0 Å². The lowest BCUT2D eigenvalue weighted by molar-refractivity contribution is 0.147. The van der Waals surface area contributed by atoms with Gasteiger partial charge in [0.2, 0.25) is 0 Å². The van der Waals surface area contributed by atoms with E-state index in [-0.39, 0.29) is 6.73 Å². The summed E-state index contributed by atoms with van der Waals surface area (Å²) in [6, 6.07) is 7.84. The average molecular weight is 226 g/mol. The highest BCUT2D eigenvalue weighted by Gasteiger charge is 1.92. The van der Waals surface area contributed by atoms with E-state index in [1.54, 1.807) is 0 Å². The number of nitrogens with zero attached hydrogens (tertiary/aromatic N) is 1. The van der Waals surface area contributed by atoms with Gasteiger partial charge < -0.3 is 4.74 Å². The first-order valence-electron chi connectivity index (χ1n) is 3.48. The van der Waals surface area contributed by atoms with Crippen molar-refractivity contribution in [3.63, 3.8) is 0 Å². The smallest absolute Gasteiger partial charge is 0.308 e. The lowest BCUT2D eigenvalue weighted by atomic mass is 10.2. The first-order chi connectivity index (χ1) is 5.83. The topological polar surface area (TPSA) is 13.6 Å². The first kappa shape index (κ1) is 9.24. The maximum Gasteiger partial charge on any atom is 0.318 e. The fourth-order valence-electron chi connectivity index (χ4n) is 0.790. The van der Waals surface area contributed by atoms with Gasteiger partial charge in [0.05, 0.1) is 6.61 Å². The zero-order valence-corrected chi connectivity index (χ0v) is 8.04. The molecule has 0 fully saturated rings. The van der Waals surface area contributed by atoms with Crippen LogP contribution in [0.3, 0.4) is 0 Å². The molecule has 0 radical (unpaired) electrons. The van der Waals surface area contributed by atoms with E-state index in [0.717, 1.165) is 10.0 Å². The van der Waals surface area contributed by atoms with Crippen LogP contribution < -0.4 is 0 Å². The molecule has 0 unspecified atom stereocenters. The third kappa shape index (κ3) is 3.04. The Morgan fingerprint density at radius 3 is 2.58 bits per heavy atom. The fourth-order valence-corrected chi connectivity index (χ4v) is 1.05. The molecule has 1 rings (SSSR count). The van der Waals surface area contributed by atoms with Crippen LogP contribution in [0.5, 0.6) is 0 Å². The Bertz CT molecular complexity index is 276. The molecule has 0 saturated carbocycles. The average Bonchev–Trinajstić information content (AvgIpc) is 2.09. The van der Waals surface area contributed by atoms with Crippen molar-refractivity contribution in [1.29, 1.82) is 0 Å². The molecule has 0 amide bonds. The summed E-state index contributed by atoms with van der Waals surface area (Å²) >= 11 is 3.34. The summed E-state index contributed by atoms with van der Waals surface area (Å²) in [6.45, 7) is 7.14. The van der Waals surface area contributed by atoms with Gasteiger partial charge in [-0.25, -0.2) is 6.57 Å². The second-order valence-corrected chi connectivity index (χ2v) is 3.18. The molecule has 3 heteroatoms. The number of benzene rings is 1. The maximum absolute atomic E-state index is 6.50. The van der Waals surface area contributed by atoms with Crippen LogP contribution in [0.1, 0.15) is 5.56 Å². The van der Waals surface area contributed by atoms with Crippen LogP contribution in [0.2, 0.25) is 0 Å². The highest BCUT2D eigenvalue weighted by Crippen LogP contribution is 2.10. The monoisotopic (exact) mass is 225 g/mol. The Labute approximate surface area is 80.1 Å². The highest BCUT2D eigenvalue weighted by atomic mass is 79.9. The Morgan fingerprint density at radius 2 is 2.00 bits per heavy atom. The van der Waals surface area contributed by atoms with Gasteiger partial charge in [-0.05, 0) is 17.7 Å². The van der Waals surface area contributed by atoms with Gasteiger partial charge in [0.1, 0.15) is 0 Å². The molecule has 0 bridgehead atoms. The van der Waals surface area contributed by atoms with Crippen LogP contribution in [0.15, 0.2) is 28.7 Å². The molecule has 12 heavy (non-hydrogen) atoms. The van der Waals surface area contributed by atoms with E-state index in [1.165, 1.54) is 0 Å². The molecular weight excluding hydrogens is 218 g/mol. The Morgan fingerprint density at radius 1 is 1.33 bits per heavy atom. The molecule has 62 valence electrons. The standard InChI is InChI=1S/C9H8BrNO/c1-11-7-12-6-8-2-4-9(10)5-3-8/h2-5H,6-7H2. The number of halogens is 1. The third-order valence-electron chi connectivity index (χ3n) is 1.34. The van der Waals surface area contributed by atoms with Crippen molar-refractivity contribution in [1.82, 2.24) is 0 Å². The normalized spacial score (nSPS) is 9.33. The minimum absolute atomic E-state index is 0.135. The Kier molecular flexibility index (Phi) is 3.78. The van der Waals surface area contributed by atoms with Gasteiger partial charge in [-0.3, -0.25) is 4.85 Å². The maximum atomic E-state index is 6.50. The molecule has 0 aliphatic heterocycles. The van der Waals surface area contributed by atoms with Crippen LogP contribution in [-0.2, 0) is 11.3 Å². The second-order valence-electron chi connectivity index (χ2n) is 2.26. The summed E-state index contributed by atoms with van der Waals surface area (Å²) in [5, 5.41) is 0. The van der Waals surface area contributed by atoms with E-state index < -0.39 is 0 Å². The van der Waals surface area contributed by atoms with Crippen LogP contribution in [0, 0.1) is 6.57 Å². The summed E-state index contributed by atoms with van der Waals surface area (Å²) in [4.78, 5) is 3.09. The lowest BCUT2D eigenvalue weighted by Gasteiger charge is -1.97. The van der Waals surface area contributed by atoms with E-state index in [0.29, 0.717) is 6.61 Å². The van der Waals surface area contributed by atoms with Crippen molar-refractivity contribution in [2.75, 3.05) is 6.73 Å². The van der Waals surface area contributed by atoms with E-state index in [2.05, 4.69) is 20.8 Å². The number of hydrogen-bond donors (Lipinski definition) is 0. The molecular formula is C9H8BrNO. The number of ether oxygens (including phenoxy) is 1. The predicted octanol–water partition coefficient (Wildman–Crippen LogP) is 2.84. The molecule has 0 aromatic heterocycles. The lowest BCUT2D eigenvalue weighted by Crippen LogP contribution is -1.90. The molecule has 0 atom stereocenters. The van der Waals surface area contributed by atoms with Crippen molar-refractivity contribution < 1.29 is 4.74 Å². The highest BCUT2D eigenvalue weighted by molar-refractivity contribution is 9.10. The largest absolute Gasteiger partial charge is 0.318 e. The fraction of sp³-hybridized carbons (Fsp3) is 0.222. The SMILES string of the molecule is [C-]#[N+]COCc1ccc(Br)cc1. The Hall–Kier alpha value is -0.850. The second kappa shape index (κ2) is 4.91. The van der Waals surface area contributed by atoms with E-state index in [9.17, 15) is 0 Å². The minimum atomic E-state index is 0.135. The van der Waals surface area contributed by atoms with Crippen molar-refractivity contribution in [2.24, 2.45) is 0 Å². The van der Waals surface area contributed by atoms with Crippen LogP contribution in [-0.4, -0.2) is 6.73 Å². The zero-order valence-electron chi connectivity index (χ0n) is 6.46. The number of hydrogen-bond acceptors (Lipinski definition) is 1. The molecule has 2 nitrogen and oxygen atoms in total. The predicted molar refractivity (Wildman–Crippen MR) is 50.4 cm³/mol. The van der Waals surface area contributed by atoms with Gasteiger partial charge in [0, 0.05) is 4.47 Å². The van der Waals surface area contributed by atoms with E-state index >= 15 is 0 Å². The molecule has 0 aliphatic carbocycles. The Balaban J connectivity index is 2.43. The quantitative estimate of drug-likeness (QED) is 0.570. The molecule has 1 aromatic carbocycles. The van der Waals surface area contributed by atoms with Gasteiger partial charge >= 0.3 is 6.73 Å². The van der Waals surface area contributed by atoms with Gasteiger partial charge in [0.25, 0.3) is 0 Å². The van der Waals surface area contributed by atoms with E-state index in [4.69, 9.17) is 11.3 Å². The molecule has 0 aliphatic rings. The summed E-state index contributed by atoms with van der Waals surface area (Å²) in [6.07, 6.45) is 0. The van der Waals surface area contributed by atoms with Crippen molar-refractivity contribution in [3.8, 4) is 0 Å². The van der Waals surface area contributed by atoms with Crippen molar-refractivity contribution in [3.05, 3.63) is 45.7 Å². The molecule has 0 heterocycles. The van der Waals surface area contributed by atoms with Crippen molar-refractivity contribution in [2.45, 2.75) is 6.61 Å². The molecule has 0 spiro atoms. The summed E-state index contributed by atoms with van der Waals surface area (Å²) in [5.74, 6) is 0. The number of rotatable bonds is 3. The zero-order chi connectivity index (χ0) is 8.81. The first-order valence-corrected chi connectivity index (χ1v) is 4.27.